The second kappa shape index (κ2) is 3.18. The maximum absolute atomic E-state index is 11.1. The Morgan fingerprint density at radius 2 is 2.15 bits per heavy atom. The lowest BCUT2D eigenvalue weighted by Gasteiger charge is -1.94. The first-order valence-electron chi connectivity index (χ1n) is 4.01. The van der Waals surface area contributed by atoms with Gasteiger partial charge in [-0.05, 0) is 19.1 Å². The van der Waals surface area contributed by atoms with Crippen molar-refractivity contribution in [1.29, 1.82) is 0 Å². The fraction of sp³-hybridized carbons (Fsp3) is 0.100. The highest BCUT2D eigenvalue weighted by atomic mass is 32.1. The molecule has 66 valence electrons. The van der Waals surface area contributed by atoms with Crippen molar-refractivity contribution in [3.8, 4) is 10.6 Å². The molecule has 0 unspecified atom stereocenters. The number of rotatable bonds is 1. The Balaban J connectivity index is 2.52. The average molecular weight is 191 g/mol. The van der Waals surface area contributed by atoms with Gasteiger partial charge >= 0.3 is 0 Å². The van der Waals surface area contributed by atoms with Crippen LogP contribution in [0.5, 0.6) is 0 Å². The normalized spacial score (nSPS) is 10.2. The second-order valence-electron chi connectivity index (χ2n) is 2.85. The van der Waals surface area contributed by atoms with Gasteiger partial charge in [0.2, 0.25) is 0 Å². The van der Waals surface area contributed by atoms with E-state index in [1.165, 1.54) is 10.9 Å². The zero-order valence-corrected chi connectivity index (χ0v) is 8.02. The topological polar surface area (TPSA) is 32.9 Å². The van der Waals surface area contributed by atoms with Gasteiger partial charge in [-0.3, -0.25) is 4.79 Å². The molecule has 1 N–H and O–H groups in total. The van der Waals surface area contributed by atoms with Crippen LogP contribution in [0.3, 0.4) is 0 Å². The fourth-order valence-electron chi connectivity index (χ4n) is 1.17. The highest BCUT2D eigenvalue weighted by Crippen LogP contribution is 2.24. The number of aryl methyl sites for hydroxylation is 1. The molecule has 2 heterocycles. The molecule has 0 fully saturated rings. The molecule has 0 atom stereocenters. The quantitative estimate of drug-likeness (QED) is 0.737. The molecule has 0 spiro atoms. The van der Waals surface area contributed by atoms with Crippen LogP contribution in [0.25, 0.3) is 10.6 Å². The van der Waals surface area contributed by atoms with Crippen molar-refractivity contribution in [3.63, 3.8) is 0 Å². The molecule has 2 nitrogen and oxygen atoms in total. The maximum Gasteiger partial charge on any atom is 0.182 e. The minimum atomic E-state index is 0.0415. The van der Waals surface area contributed by atoms with E-state index in [4.69, 9.17) is 0 Å². The molecule has 2 aromatic heterocycles. The highest BCUT2D eigenvalue weighted by Gasteiger charge is 2.00. The molecule has 0 aliphatic heterocycles. The van der Waals surface area contributed by atoms with E-state index in [2.05, 4.69) is 11.9 Å². The Bertz CT molecular complexity index is 470. The summed E-state index contributed by atoms with van der Waals surface area (Å²) in [5.41, 5.74) is 0.936. The van der Waals surface area contributed by atoms with Crippen molar-refractivity contribution < 1.29 is 0 Å². The summed E-state index contributed by atoms with van der Waals surface area (Å²) in [6.07, 6.45) is 1.67. The van der Waals surface area contributed by atoms with E-state index in [9.17, 15) is 4.79 Å². The monoisotopic (exact) mass is 191 g/mol. The summed E-state index contributed by atoms with van der Waals surface area (Å²) in [5, 5.41) is 0. The van der Waals surface area contributed by atoms with Gasteiger partial charge in [-0.25, -0.2) is 0 Å². The number of pyridine rings is 1. The Kier molecular flexibility index (Phi) is 2.02. The summed E-state index contributed by atoms with van der Waals surface area (Å²) >= 11 is 1.68. The first-order chi connectivity index (χ1) is 6.25. The van der Waals surface area contributed by atoms with Gasteiger partial charge < -0.3 is 4.98 Å². The predicted molar refractivity (Wildman–Crippen MR) is 55.1 cm³/mol. The van der Waals surface area contributed by atoms with E-state index >= 15 is 0 Å². The Morgan fingerprint density at radius 1 is 1.31 bits per heavy atom. The largest absolute Gasteiger partial charge is 0.360 e. The first kappa shape index (κ1) is 8.26. The molecule has 0 bridgehead atoms. The zero-order chi connectivity index (χ0) is 9.26. The lowest BCUT2D eigenvalue weighted by atomic mass is 10.3. The molecule has 2 aromatic rings. The smallest absolute Gasteiger partial charge is 0.182 e. The Labute approximate surface area is 79.9 Å². The van der Waals surface area contributed by atoms with Crippen LogP contribution in [-0.2, 0) is 0 Å². The maximum atomic E-state index is 11.1. The summed E-state index contributed by atoms with van der Waals surface area (Å²) in [6.45, 7) is 2.05. The summed E-state index contributed by atoms with van der Waals surface area (Å²) < 4.78 is 0. The number of hydrogen-bond donors (Lipinski definition) is 1. The van der Waals surface area contributed by atoms with Crippen LogP contribution in [0.2, 0.25) is 0 Å². The average Bonchev–Trinajstić information content (AvgIpc) is 2.52. The molecule has 0 saturated heterocycles. The highest BCUT2D eigenvalue weighted by molar-refractivity contribution is 7.15. The van der Waals surface area contributed by atoms with Crippen LogP contribution in [0.4, 0.5) is 0 Å². The van der Waals surface area contributed by atoms with E-state index in [1.54, 1.807) is 23.6 Å². The standard InChI is InChI=1S/C10H9NOS/c1-7-2-3-10(13-7)9-6-8(12)4-5-11-9/h2-6H,1H3,(H,11,12). The van der Waals surface area contributed by atoms with E-state index in [1.807, 2.05) is 12.1 Å². The molecule has 0 aliphatic rings. The molecule has 0 radical (unpaired) electrons. The van der Waals surface area contributed by atoms with Crippen LogP contribution >= 0.6 is 11.3 Å². The number of aromatic amines is 1. The van der Waals surface area contributed by atoms with Crippen LogP contribution in [0.15, 0.2) is 35.3 Å². The molecule has 13 heavy (non-hydrogen) atoms. The molecule has 2 rings (SSSR count). The summed E-state index contributed by atoms with van der Waals surface area (Å²) in [7, 11) is 0. The Hall–Kier alpha value is -1.35. The minimum absolute atomic E-state index is 0.0415. The van der Waals surface area contributed by atoms with E-state index < -0.39 is 0 Å². The first-order valence-corrected chi connectivity index (χ1v) is 4.83. The lowest BCUT2D eigenvalue weighted by molar-refractivity contribution is 1.32. The molecule has 0 saturated carbocycles. The van der Waals surface area contributed by atoms with Gasteiger partial charge in [0.25, 0.3) is 0 Å². The van der Waals surface area contributed by atoms with Crippen LogP contribution in [0.1, 0.15) is 4.88 Å². The molecular weight excluding hydrogens is 182 g/mol. The molecule has 0 amide bonds. The summed E-state index contributed by atoms with van der Waals surface area (Å²) in [6, 6.07) is 7.20. The van der Waals surface area contributed by atoms with Crippen LogP contribution in [-0.4, -0.2) is 4.98 Å². The van der Waals surface area contributed by atoms with Crippen molar-refractivity contribution in [2.45, 2.75) is 6.92 Å². The van der Waals surface area contributed by atoms with Crippen LogP contribution < -0.4 is 5.43 Å². The number of thiophene rings is 1. The predicted octanol–water partition coefficient (Wildman–Crippen LogP) is 2.41. The third-order valence-corrected chi connectivity index (χ3v) is 2.81. The van der Waals surface area contributed by atoms with E-state index in [-0.39, 0.29) is 5.43 Å². The minimum Gasteiger partial charge on any atom is -0.360 e. The van der Waals surface area contributed by atoms with Gasteiger partial charge in [0.15, 0.2) is 5.43 Å². The van der Waals surface area contributed by atoms with E-state index in [0.29, 0.717) is 0 Å². The van der Waals surface area contributed by atoms with Crippen LogP contribution in [0, 0.1) is 6.92 Å². The third kappa shape index (κ3) is 1.70. The fourth-order valence-corrected chi connectivity index (χ4v) is 2.01. The number of H-pyrrole nitrogens is 1. The summed E-state index contributed by atoms with van der Waals surface area (Å²) in [5.74, 6) is 0. The molecule has 0 aliphatic carbocycles. The lowest BCUT2D eigenvalue weighted by Crippen LogP contribution is -1.96. The van der Waals surface area contributed by atoms with Gasteiger partial charge in [-0.15, -0.1) is 11.3 Å². The summed E-state index contributed by atoms with van der Waals surface area (Å²) in [4.78, 5) is 16.5. The van der Waals surface area contributed by atoms with Crippen molar-refractivity contribution in [1.82, 2.24) is 4.98 Å². The van der Waals surface area contributed by atoms with Gasteiger partial charge in [-0.2, -0.15) is 0 Å². The van der Waals surface area contributed by atoms with Gasteiger partial charge in [0.05, 0.1) is 10.6 Å². The molecule has 3 heteroatoms. The van der Waals surface area contributed by atoms with Crippen molar-refractivity contribution in [3.05, 3.63) is 45.6 Å². The SMILES string of the molecule is Cc1ccc(-c2cc(=O)cc[nH]2)s1. The van der Waals surface area contributed by atoms with Crippen molar-refractivity contribution in [2.75, 3.05) is 0 Å². The van der Waals surface area contributed by atoms with Gasteiger partial charge in [0.1, 0.15) is 0 Å². The van der Waals surface area contributed by atoms with Gasteiger partial charge in [-0.1, -0.05) is 0 Å². The van der Waals surface area contributed by atoms with E-state index in [0.717, 1.165) is 10.6 Å². The third-order valence-electron chi connectivity index (χ3n) is 1.78. The number of hydrogen-bond acceptors (Lipinski definition) is 2. The second-order valence-corrected chi connectivity index (χ2v) is 4.14. The Morgan fingerprint density at radius 3 is 2.77 bits per heavy atom. The van der Waals surface area contributed by atoms with Gasteiger partial charge in [0, 0.05) is 23.2 Å². The molecule has 0 aromatic carbocycles. The number of nitrogens with one attached hydrogen (secondary N) is 1. The molecular formula is C10H9NOS. The van der Waals surface area contributed by atoms with Crippen molar-refractivity contribution >= 4 is 11.3 Å². The number of aromatic nitrogens is 1. The zero-order valence-electron chi connectivity index (χ0n) is 7.20. The van der Waals surface area contributed by atoms with Crippen molar-refractivity contribution in [2.24, 2.45) is 0 Å².